The Kier molecular flexibility index (Phi) is 4.68. The number of nitrogens with zero attached hydrogens (tertiary/aromatic N) is 6. The molecule has 0 bridgehead atoms. The van der Waals surface area contributed by atoms with Crippen LogP contribution in [0.2, 0.25) is 0 Å². The predicted molar refractivity (Wildman–Crippen MR) is 100 cm³/mol. The molecule has 0 radical (unpaired) electrons. The van der Waals surface area contributed by atoms with Crippen LogP contribution in [0.3, 0.4) is 0 Å². The van der Waals surface area contributed by atoms with E-state index in [9.17, 15) is 8.78 Å². The van der Waals surface area contributed by atoms with Crippen molar-refractivity contribution < 1.29 is 8.78 Å². The van der Waals surface area contributed by atoms with Gasteiger partial charge in [0.15, 0.2) is 5.82 Å². The lowest BCUT2D eigenvalue weighted by Gasteiger charge is -2.07. The molecule has 0 atom stereocenters. The van der Waals surface area contributed by atoms with Crippen LogP contribution in [0.1, 0.15) is 11.3 Å². The zero-order chi connectivity index (χ0) is 19.7. The smallest absolute Gasteiger partial charge is 0.163 e. The lowest BCUT2D eigenvalue weighted by atomic mass is 10.1. The van der Waals surface area contributed by atoms with Gasteiger partial charge >= 0.3 is 0 Å². The van der Waals surface area contributed by atoms with Crippen molar-refractivity contribution in [1.29, 1.82) is 0 Å². The van der Waals surface area contributed by atoms with Gasteiger partial charge < -0.3 is 0 Å². The third-order valence-electron chi connectivity index (χ3n) is 4.41. The van der Waals surface area contributed by atoms with Crippen LogP contribution in [0.15, 0.2) is 49.1 Å². The molecule has 6 nitrogen and oxygen atoms in total. The topological polar surface area (TPSA) is 61.4 Å². The summed E-state index contributed by atoms with van der Waals surface area (Å²) in [5.41, 5.74) is 3.60. The van der Waals surface area contributed by atoms with Crippen LogP contribution in [0.5, 0.6) is 0 Å². The highest BCUT2D eigenvalue weighted by atomic mass is 19.1. The van der Waals surface area contributed by atoms with Crippen LogP contribution < -0.4 is 0 Å². The molecule has 4 aromatic rings. The molecule has 0 aliphatic rings. The first-order valence-electron chi connectivity index (χ1n) is 8.78. The SMILES string of the molecule is Cn1cc(-c2cc(CCc3ccc(F)cc3F)nc(-c3cnn(C)c3)n2)cn1. The van der Waals surface area contributed by atoms with Gasteiger partial charge in [-0.2, -0.15) is 10.2 Å². The van der Waals surface area contributed by atoms with E-state index in [1.807, 2.05) is 32.6 Å². The fourth-order valence-electron chi connectivity index (χ4n) is 2.98. The number of hydrogen-bond donors (Lipinski definition) is 0. The van der Waals surface area contributed by atoms with Crippen molar-refractivity contribution in [1.82, 2.24) is 29.5 Å². The number of aryl methyl sites for hydroxylation is 4. The summed E-state index contributed by atoms with van der Waals surface area (Å²) in [5.74, 6) is -0.584. The van der Waals surface area contributed by atoms with E-state index in [1.54, 1.807) is 21.8 Å². The van der Waals surface area contributed by atoms with Gasteiger partial charge in [0, 0.05) is 43.8 Å². The van der Waals surface area contributed by atoms with Crippen LogP contribution in [-0.2, 0) is 26.9 Å². The van der Waals surface area contributed by atoms with E-state index in [2.05, 4.69) is 20.2 Å². The van der Waals surface area contributed by atoms with Gasteiger partial charge in [0.05, 0.1) is 23.7 Å². The molecule has 0 aliphatic heterocycles. The molecule has 0 unspecified atom stereocenters. The third-order valence-corrected chi connectivity index (χ3v) is 4.41. The predicted octanol–water partition coefficient (Wildman–Crippen LogP) is 3.34. The fourth-order valence-corrected chi connectivity index (χ4v) is 2.98. The quantitative estimate of drug-likeness (QED) is 0.533. The highest BCUT2D eigenvalue weighted by molar-refractivity contribution is 5.62. The molecule has 0 saturated heterocycles. The van der Waals surface area contributed by atoms with E-state index in [4.69, 9.17) is 0 Å². The average molecular weight is 380 g/mol. The van der Waals surface area contributed by atoms with Crippen molar-refractivity contribution in [2.45, 2.75) is 12.8 Å². The van der Waals surface area contributed by atoms with E-state index in [1.165, 1.54) is 12.1 Å². The van der Waals surface area contributed by atoms with Gasteiger partial charge in [0.1, 0.15) is 11.6 Å². The Balaban J connectivity index is 1.69. The molecule has 0 amide bonds. The van der Waals surface area contributed by atoms with Crippen LogP contribution in [0.4, 0.5) is 8.78 Å². The van der Waals surface area contributed by atoms with E-state index < -0.39 is 11.6 Å². The molecule has 3 aromatic heterocycles. The second-order valence-electron chi connectivity index (χ2n) is 6.61. The molecule has 0 N–H and O–H groups in total. The Labute approximate surface area is 160 Å². The highest BCUT2D eigenvalue weighted by Crippen LogP contribution is 2.23. The second kappa shape index (κ2) is 7.30. The van der Waals surface area contributed by atoms with E-state index in [0.717, 1.165) is 28.6 Å². The first-order valence-corrected chi connectivity index (χ1v) is 8.78. The number of rotatable bonds is 5. The van der Waals surface area contributed by atoms with Crippen molar-refractivity contribution in [2.75, 3.05) is 0 Å². The van der Waals surface area contributed by atoms with Gasteiger partial charge in [0.2, 0.25) is 0 Å². The number of aromatic nitrogens is 6. The van der Waals surface area contributed by atoms with Crippen molar-refractivity contribution in [3.63, 3.8) is 0 Å². The van der Waals surface area contributed by atoms with Crippen molar-refractivity contribution in [3.05, 3.63) is 71.9 Å². The summed E-state index contributed by atoms with van der Waals surface area (Å²) >= 11 is 0. The molecular weight excluding hydrogens is 362 g/mol. The average Bonchev–Trinajstić information content (AvgIpc) is 3.29. The van der Waals surface area contributed by atoms with Gasteiger partial charge in [-0.1, -0.05) is 6.07 Å². The summed E-state index contributed by atoms with van der Waals surface area (Å²) in [6.07, 6.45) is 8.04. The molecule has 142 valence electrons. The maximum absolute atomic E-state index is 14.0. The number of hydrogen-bond acceptors (Lipinski definition) is 4. The summed E-state index contributed by atoms with van der Waals surface area (Å²) in [7, 11) is 3.66. The highest BCUT2D eigenvalue weighted by Gasteiger charge is 2.12. The largest absolute Gasteiger partial charge is 0.275 e. The lowest BCUT2D eigenvalue weighted by Crippen LogP contribution is -2.01. The zero-order valence-corrected chi connectivity index (χ0v) is 15.5. The Morgan fingerprint density at radius 1 is 0.857 bits per heavy atom. The summed E-state index contributed by atoms with van der Waals surface area (Å²) in [6.45, 7) is 0. The van der Waals surface area contributed by atoms with Crippen LogP contribution >= 0.6 is 0 Å². The van der Waals surface area contributed by atoms with Crippen molar-refractivity contribution >= 4 is 0 Å². The first kappa shape index (κ1) is 18.0. The van der Waals surface area contributed by atoms with Gasteiger partial charge in [-0.15, -0.1) is 0 Å². The Bertz CT molecular complexity index is 1070. The Morgan fingerprint density at radius 3 is 2.21 bits per heavy atom. The van der Waals surface area contributed by atoms with Crippen molar-refractivity contribution in [2.24, 2.45) is 14.1 Å². The Morgan fingerprint density at radius 2 is 1.57 bits per heavy atom. The van der Waals surface area contributed by atoms with Crippen LogP contribution in [0, 0.1) is 11.6 Å². The second-order valence-corrected chi connectivity index (χ2v) is 6.61. The molecule has 0 aliphatic carbocycles. The molecule has 1 aromatic carbocycles. The fraction of sp³-hybridized carbons (Fsp3) is 0.200. The molecule has 0 saturated carbocycles. The van der Waals surface area contributed by atoms with Gasteiger partial charge in [-0.3, -0.25) is 9.36 Å². The minimum atomic E-state index is -0.582. The van der Waals surface area contributed by atoms with E-state index >= 15 is 0 Å². The molecule has 4 rings (SSSR count). The summed E-state index contributed by atoms with van der Waals surface area (Å²) in [6, 6.07) is 5.51. The number of benzene rings is 1. The van der Waals surface area contributed by atoms with E-state index in [-0.39, 0.29) is 0 Å². The maximum atomic E-state index is 14.0. The summed E-state index contributed by atoms with van der Waals surface area (Å²) < 4.78 is 30.5. The lowest BCUT2D eigenvalue weighted by molar-refractivity contribution is 0.571. The standard InChI is InChI=1S/C20H18F2N6/c1-27-11-14(9-23-27)19-8-17(6-4-13-3-5-16(21)7-18(13)22)25-20(26-19)15-10-24-28(2)12-15/h3,5,7-12H,4,6H2,1-2H3. The Hall–Kier alpha value is -3.42. The first-order chi connectivity index (χ1) is 13.5. The molecule has 0 fully saturated rings. The molecular formula is C20H18F2N6. The van der Waals surface area contributed by atoms with E-state index in [0.29, 0.717) is 24.2 Å². The normalized spacial score (nSPS) is 11.1. The molecule has 8 heteroatoms. The molecule has 28 heavy (non-hydrogen) atoms. The van der Waals surface area contributed by atoms with Gasteiger partial charge in [-0.25, -0.2) is 18.7 Å². The zero-order valence-electron chi connectivity index (χ0n) is 15.5. The summed E-state index contributed by atoms with van der Waals surface area (Å²) in [5, 5.41) is 8.38. The molecule has 3 heterocycles. The minimum absolute atomic E-state index is 0.405. The molecule has 0 spiro atoms. The van der Waals surface area contributed by atoms with Crippen LogP contribution in [-0.4, -0.2) is 29.5 Å². The maximum Gasteiger partial charge on any atom is 0.163 e. The van der Waals surface area contributed by atoms with Gasteiger partial charge in [-0.05, 0) is 30.5 Å². The van der Waals surface area contributed by atoms with Crippen LogP contribution in [0.25, 0.3) is 22.6 Å². The summed E-state index contributed by atoms with van der Waals surface area (Å²) in [4.78, 5) is 9.27. The third kappa shape index (κ3) is 3.80. The number of halogens is 2. The van der Waals surface area contributed by atoms with Gasteiger partial charge in [0.25, 0.3) is 0 Å². The minimum Gasteiger partial charge on any atom is -0.275 e. The van der Waals surface area contributed by atoms with Crippen molar-refractivity contribution in [3.8, 4) is 22.6 Å². The monoisotopic (exact) mass is 380 g/mol.